The number of aryl methyl sites for hydroxylation is 1. The van der Waals surface area contributed by atoms with Gasteiger partial charge in [0.2, 0.25) is 5.91 Å². The molecule has 0 unspecified atom stereocenters. The van der Waals surface area contributed by atoms with Crippen molar-refractivity contribution in [3.8, 4) is 5.75 Å². The minimum Gasteiger partial charge on any atom is -0.497 e. The van der Waals surface area contributed by atoms with Crippen LogP contribution in [0, 0.1) is 6.92 Å². The SMILES string of the molecule is COc1ccc(N(Cc2cccs2)C(=O)CN2CCN(Cc3cc(C)on3)CC2)cc1. The standard InChI is InChI=1S/C23H28N4O3S/c1-18-14-19(24-30-18)15-25-9-11-26(12-10-25)17-23(28)27(16-22-4-3-13-31-22)20-5-7-21(29-2)8-6-20/h3-8,13-14H,9-12,15-17H2,1-2H3. The summed E-state index contributed by atoms with van der Waals surface area (Å²) in [5.41, 5.74) is 1.85. The maximum Gasteiger partial charge on any atom is 0.241 e. The molecule has 0 bridgehead atoms. The monoisotopic (exact) mass is 440 g/mol. The Hall–Kier alpha value is -2.68. The van der Waals surface area contributed by atoms with E-state index in [0.29, 0.717) is 13.1 Å². The maximum atomic E-state index is 13.3. The van der Waals surface area contributed by atoms with Gasteiger partial charge in [-0.1, -0.05) is 11.2 Å². The fraction of sp³-hybridized carbons (Fsp3) is 0.391. The second-order valence-corrected chi connectivity index (χ2v) is 8.77. The summed E-state index contributed by atoms with van der Waals surface area (Å²) < 4.78 is 10.4. The van der Waals surface area contributed by atoms with E-state index in [4.69, 9.17) is 9.26 Å². The van der Waals surface area contributed by atoms with Crippen molar-refractivity contribution in [2.45, 2.75) is 20.0 Å². The molecular formula is C23H28N4O3S. The van der Waals surface area contributed by atoms with E-state index in [2.05, 4.69) is 21.0 Å². The van der Waals surface area contributed by atoms with Crippen LogP contribution in [0.25, 0.3) is 0 Å². The second kappa shape index (κ2) is 10.1. The number of aromatic nitrogens is 1. The number of piperazine rings is 1. The van der Waals surface area contributed by atoms with E-state index in [9.17, 15) is 4.79 Å². The molecule has 7 nitrogen and oxygen atoms in total. The lowest BCUT2D eigenvalue weighted by molar-refractivity contribution is -0.120. The number of carbonyl (C=O) groups excluding carboxylic acids is 1. The first-order chi connectivity index (χ1) is 15.1. The molecule has 1 aliphatic rings. The summed E-state index contributed by atoms with van der Waals surface area (Å²) in [6.07, 6.45) is 0. The topological polar surface area (TPSA) is 62.1 Å². The van der Waals surface area contributed by atoms with E-state index >= 15 is 0 Å². The minimum atomic E-state index is 0.110. The smallest absolute Gasteiger partial charge is 0.241 e. The normalized spacial score (nSPS) is 15.2. The number of anilines is 1. The van der Waals surface area contributed by atoms with Crippen LogP contribution < -0.4 is 9.64 Å². The first-order valence-electron chi connectivity index (χ1n) is 10.4. The van der Waals surface area contributed by atoms with Crippen LogP contribution in [0.2, 0.25) is 0 Å². The van der Waals surface area contributed by atoms with Gasteiger partial charge in [-0.15, -0.1) is 11.3 Å². The lowest BCUT2D eigenvalue weighted by Gasteiger charge is -2.35. The predicted molar refractivity (Wildman–Crippen MR) is 121 cm³/mol. The number of carbonyl (C=O) groups is 1. The van der Waals surface area contributed by atoms with Gasteiger partial charge in [-0.05, 0) is 42.6 Å². The summed E-state index contributed by atoms with van der Waals surface area (Å²) in [6.45, 7) is 7.22. The van der Waals surface area contributed by atoms with Crippen LogP contribution in [-0.2, 0) is 17.9 Å². The summed E-state index contributed by atoms with van der Waals surface area (Å²) in [5.74, 6) is 1.73. The van der Waals surface area contributed by atoms with Crippen LogP contribution in [0.15, 0.2) is 52.4 Å². The van der Waals surface area contributed by atoms with E-state index in [-0.39, 0.29) is 5.91 Å². The Morgan fingerprint density at radius 3 is 2.52 bits per heavy atom. The third kappa shape index (κ3) is 5.72. The largest absolute Gasteiger partial charge is 0.497 e. The molecular weight excluding hydrogens is 412 g/mol. The van der Waals surface area contributed by atoms with Crippen molar-refractivity contribution in [3.63, 3.8) is 0 Å². The van der Waals surface area contributed by atoms with E-state index in [1.54, 1.807) is 18.4 Å². The van der Waals surface area contributed by atoms with E-state index in [0.717, 1.165) is 60.5 Å². The van der Waals surface area contributed by atoms with Crippen molar-refractivity contribution < 1.29 is 14.1 Å². The van der Waals surface area contributed by atoms with Gasteiger partial charge in [-0.3, -0.25) is 14.6 Å². The second-order valence-electron chi connectivity index (χ2n) is 7.74. The van der Waals surface area contributed by atoms with Gasteiger partial charge in [0.05, 0.1) is 25.9 Å². The molecule has 2 aromatic heterocycles. The summed E-state index contributed by atoms with van der Waals surface area (Å²) >= 11 is 1.67. The Kier molecular flexibility index (Phi) is 7.01. The molecule has 1 fully saturated rings. The average Bonchev–Trinajstić information content (AvgIpc) is 3.45. The van der Waals surface area contributed by atoms with Gasteiger partial charge in [0, 0.05) is 49.4 Å². The Bertz CT molecular complexity index is 963. The van der Waals surface area contributed by atoms with Crippen molar-refractivity contribution >= 4 is 22.9 Å². The van der Waals surface area contributed by atoms with Crippen molar-refractivity contribution in [1.82, 2.24) is 15.0 Å². The van der Waals surface area contributed by atoms with Crippen LogP contribution in [0.1, 0.15) is 16.3 Å². The molecule has 0 atom stereocenters. The van der Waals surface area contributed by atoms with Gasteiger partial charge < -0.3 is 14.2 Å². The molecule has 1 aromatic carbocycles. The first-order valence-corrected chi connectivity index (χ1v) is 11.3. The molecule has 0 radical (unpaired) electrons. The zero-order chi connectivity index (χ0) is 21.6. The van der Waals surface area contributed by atoms with Crippen LogP contribution in [-0.4, -0.2) is 60.7 Å². The number of rotatable bonds is 8. The van der Waals surface area contributed by atoms with Gasteiger partial charge >= 0.3 is 0 Å². The van der Waals surface area contributed by atoms with Crippen molar-refractivity contribution in [2.24, 2.45) is 0 Å². The molecule has 0 spiro atoms. The molecule has 0 aliphatic carbocycles. The highest BCUT2D eigenvalue weighted by atomic mass is 32.1. The van der Waals surface area contributed by atoms with Crippen molar-refractivity contribution in [2.75, 3.05) is 44.7 Å². The quantitative estimate of drug-likeness (QED) is 0.535. The average molecular weight is 441 g/mol. The minimum absolute atomic E-state index is 0.110. The lowest BCUT2D eigenvalue weighted by Crippen LogP contribution is -2.49. The highest BCUT2D eigenvalue weighted by molar-refractivity contribution is 7.09. The third-order valence-corrected chi connectivity index (χ3v) is 6.33. The molecule has 4 rings (SSSR count). The summed E-state index contributed by atoms with van der Waals surface area (Å²) in [5, 5.41) is 6.13. The number of benzene rings is 1. The van der Waals surface area contributed by atoms with Crippen LogP contribution >= 0.6 is 11.3 Å². The van der Waals surface area contributed by atoms with Crippen LogP contribution in [0.3, 0.4) is 0 Å². The number of amides is 1. The van der Waals surface area contributed by atoms with E-state index in [1.807, 2.05) is 53.6 Å². The maximum absolute atomic E-state index is 13.3. The fourth-order valence-electron chi connectivity index (χ4n) is 3.75. The fourth-order valence-corrected chi connectivity index (χ4v) is 4.44. The molecule has 0 N–H and O–H groups in total. The van der Waals surface area contributed by atoms with Crippen LogP contribution in [0.5, 0.6) is 5.75 Å². The third-order valence-electron chi connectivity index (χ3n) is 5.47. The molecule has 31 heavy (non-hydrogen) atoms. The predicted octanol–water partition coefficient (Wildman–Crippen LogP) is 3.40. The molecule has 164 valence electrons. The van der Waals surface area contributed by atoms with E-state index < -0.39 is 0 Å². The first kappa shape index (κ1) is 21.5. The highest BCUT2D eigenvalue weighted by Gasteiger charge is 2.23. The van der Waals surface area contributed by atoms with Gasteiger partial charge in [0.1, 0.15) is 11.5 Å². The highest BCUT2D eigenvalue weighted by Crippen LogP contribution is 2.23. The zero-order valence-electron chi connectivity index (χ0n) is 18.0. The molecule has 0 saturated carbocycles. The number of nitrogens with zero attached hydrogens (tertiary/aromatic N) is 4. The molecule has 3 heterocycles. The van der Waals surface area contributed by atoms with E-state index in [1.165, 1.54) is 0 Å². The van der Waals surface area contributed by atoms with Crippen LogP contribution in [0.4, 0.5) is 5.69 Å². The number of thiophene rings is 1. The molecule has 1 saturated heterocycles. The summed E-state index contributed by atoms with van der Waals surface area (Å²) in [4.78, 5) is 20.9. The van der Waals surface area contributed by atoms with Crippen molar-refractivity contribution in [3.05, 3.63) is 64.2 Å². The van der Waals surface area contributed by atoms with Gasteiger partial charge in [-0.25, -0.2) is 0 Å². The number of methoxy groups -OCH3 is 1. The lowest BCUT2D eigenvalue weighted by atomic mass is 10.2. The Morgan fingerprint density at radius 1 is 1.16 bits per heavy atom. The molecule has 1 aliphatic heterocycles. The number of hydrogen-bond donors (Lipinski definition) is 0. The van der Waals surface area contributed by atoms with Gasteiger partial charge in [0.25, 0.3) is 0 Å². The zero-order valence-corrected chi connectivity index (χ0v) is 18.8. The molecule has 1 amide bonds. The summed E-state index contributed by atoms with van der Waals surface area (Å²) in [7, 11) is 1.65. The van der Waals surface area contributed by atoms with Crippen molar-refractivity contribution in [1.29, 1.82) is 0 Å². The van der Waals surface area contributed by atoms with Gasteiger partial charge in [-0.2, -0.15) is 0 Å². The summed E-state index contributed by atoms with van der Waals surface area (Å²) in [6, 6.07) is 13.8. The van der Waals surface area contributed by atoms with Gasteiger partial charge in [0.15, 0.2) is 0 Å². The number of hydrogen-bond acceptors (Lipinski definition) is 7. The molecule has 3 aromatic rings. The molecule has 8 heteroatoms. The number of ether oxygens (including phenoxy) is 1. The Morgan fingerprint density at radius 2 is 1.90 bits per heavy atom. The Labute approximate surface area is 186 Å². The Balaban J connectivity index is 1.36.